The SMILES string of the molecule is FC(F)(F)C(F)(F)C(F)(F)C(F)(F)CCSc1nc(=S)[nH]c(=S)[nH]1. The van der Waals surface area contributed by atoms with Crippen LogP contribution in [0.2, 0.25) is 0 Å². The number of thioether (sulfide) groups is 1. The summed E-state index contributed by atoms with van der Waals surface area (Å²) < 4.78 is 113. The molecule has 0 aliphatic carbocycles. The number of hydrogen-bond acceptors (Lipinski definition) is 4. The van der Waals surface area contributed by atoms with E-state index in [4.69, 9.17) is 0 Å². The Morgan fingerprint density at radius 1 is 0.875 bits per heavy atom. The largest absolute Gasteiger partial charge is 0.460 e. The van der Waals surface area contributed by atoms with E-state index in [9.17, 15) is 39.5 Å². The molecule has 0 amide bonds. The Balaban J connectivity index is 2.89. The highest BCUT2D eigenvalue weighted by molar-refractivity contribution is 7.99. The standard InChI is InChI=1S/C9H6F9N3S3/c10-6(11,7(12,13)8(14,15)9(16,17)18)1-2-24-5-20-3(22)19-4(23)21-5/h1-2H2,(H2,19,20,21,22,23). The second-order valence-corrected chi connectivity index (χ2v) is 6.13. The monoisotopic (exact) mass is 423 g/mol. The molecule has 1 aromatic rings. The average Bonchev–Trinajstić information content (AvgIpc) is 2.35. The Kier molecular flexibility index (Phi) is 6.03. The van der Waals surface area contributed by atoms with E-state index in [2.05, 4.69) is 39.4 Å². The number of alkyl halides is 9. The number of hydrogen-bond donors (Lipinski definition) is 2. The maximum Gasteiger partial charge on any atom is 0.460 e. The van der Waals surface area contributed by atoms with Crippen LogP contribution in [-0.2, 0) is 0 Å². The van der Waals surface area contributed by atoms with Gasteiger partial charge in [0.25, 0.3) is 0 Å². The molecule has 1 heterocycles. The van der Waals surface area contributed by atoms with Crippen LogP contribution >= 0.6 is 36.2 Å². The van der Waals surface area contributed by atoms with E-state index in [-0.39, 0.29) is 14.7 Å². The van der Waals surface area contributed by atoms with Crippen LogP contribution in [0.25, 0.3) is 0 Å². The Morgan fingerprint density at radius 3 is 1.88 bits per heavy atom. The highest BCUT2D eigenvalue weighted by atomic mass is 32.2. The van der Waals surface area contributed by atoms with Crippen LogP contribution in [0.1, 0.15) is 6.42 Å². The van der Waals surface area contributed by atoms with Gasteiger partial charge in [-0.3, -0.25) is 0 Å². The predicted molar refractivity (Wildman–Crippen MR) is 70.8 cm³/mol. The molecule has 3 nitrogen and oxygen atoms in total. The van der Waals surface area contributed by atoms with E-state index >= 15 is 0 Å². The van der Waals surface area contributed by atoms with Gasteiger partial charge in [0.05, 0.1) is 0 Å². The number of H-pyrrole nitrogens is 2. The van der Waals surface area contributed by atoms with Crippen LogP contribution in [0.15, 0.2) is 5.16 Å². The third-order valence-electron chi connectivity index (χ3n) is 2.51. The number of rotatable bonds is 6. The number of aromatic nitrogens is 3. The first kappa shape index (κ1) is 21.2. The van der Waals surface area contributed by atoms with Crippen molar-refractivity contribution in [2.45, 2.75) is 35.5 Å². The summed E-state index contributed by atoms with van der Waals surface area (Å²) in [5, 5.41) is -0.189. The molecule has 15 heteroatoms. The van der Waals surface area contributed by atoms with Gasteiger partial charge in [-0.2, -0.15) is 44.5 Å². The number of aromatic amines is 2. The minimum absolute atomic E-state index is 0.0711. The van der Waals surface area contributed by atoms with Crippen molar-refractivity contribution >= 4 is 36.2 Å². The van der Waals surface area contributed by atoms with Crippen LogP contribution in [0.5, 0.6) is 0 Å². The highest BCUT2D eigenvalue weighted by Crippen LogP contribution is 2.54. The zero-order valence-electron chi connectivity index (χ0n) is 11.0. The molecule has 0 saturated heterocycles. The fourth-order valence-corrected chi connectivity index (χ4v) is 2.74. The molecule has 0 saturated carbocycles. The van der Waals surface area contributed by atoms with E-state index in [1.54, 1.807) is 0 Å². The molecular weight excluding hydrogens is 417 g/mol. The normalized spacial score (nSPS) is 14.0. The van der Waals surface area contributed by atoms with Crippen LogP contribution in [0.4, 0.5) is 39.5 Å². The quantitative estimate of drug-likeness (QED) is 0.378. The minimum atomic E-state index is -6.89. The van der Waals surface area contributed by atoms with Gasteiger partial charge in [0.1, 0.15) is 0 Å². The maximum absolute atomic E-state index is 13.3. The molecule has 1 aromatic heterocycles. The lowest BCUT2D eigenvalue weighted by atomic mass is 10.0. The van der Waals surface area contributed by atoms with Gasteiger partial charge in [-0.25, -0.2) is 0 Å². The molecule has 0 bridgehead atoms. The number of nitrogens with zero attached hydrogens (tertiary/aromatic N) is 1. The van der Waals surface area contributed by atoms with Crippen molar-refractivity contribution in [3.8, 4) is 0 Å². The molecule has 0 spiro atoms. The minimum Gasteiger partial charge on any atom is -0.311 e. The summed E-state index contributed by atoms with van der Waals surface area (Å²) in [6.45, 7) is 0. The Hall–Kier alpha value is -0.830. The zero-order valence-corrected chi connectivity index (χ0v) is 13.4. The number of nitrogens with one attached hydrogen (secondary N) is 2. The molecule has 0 aliphatic heterocycles. The van der Waals surface area contributed by atoms with Gasteiger partial charge in [-0.15, -0.1) is 0 Å². The van der Waals surface area contributed by atoms with Gasteiger partial charge in [-0.1, -0.05) is 11.8 Å². The Morgan fingerprint density at radius 2 is 1.42 bits per heavy atom. The van der Waals surface area contributed by atoms with Crippen molar-refractivity contribution in [1.29, 1.82) is 0 Å². The molecule has 138 valence electrons. The van der Waals surface area contributed by atoms with Gasteiger partial charge in [-0.05, 0) is 24.4 Å². The first-order valence-electron chi connectivity index (χ1n) is 5.65. The van der Waals surface area contributed by atoms with Crippen LogP contribution in [0, 0.1) is 9.54 Å². The lowest BCUT2D eigenvalue weighted by molar-refractivity contribution is -0.396. The van der Waals surface area contributed by atoms with Crippen LogP contribution in [0.3, 0.4) is 0 Å². The predicted octanol–water partition coefficient (Wildman–Crippen LogP) is 5.15. The summed E-state index contributed by atoms with van der Waals surface area (Å²) in [5.74, 6) is -20.1. The third-order valence-corrected chi connectivity index (χ3v) is 3.78. The second-order valence-electron chi connectivity index (χ2n) is 4.25. The third kappa shape index (κ3) is 4.22. The fraction of sp³-hybridized carbons (Fsp3) is 0.667. The van der Waals surface area contributed by atoms with Crippen molar-refractivity contribution < 1.29 is 39.5 Å². The maximum atomic E-state index is 13.3. The summed E-state index contributed by atoms with van der Waals surface area (Å²) in [6.07, 6.45) is -8.80. The zero-order chi connectivity index (χ0) is 19.0. The van der Waals surface area contributed by atoms with E-state index in [0.717, 1.165) is 0 Å². The molecule has 24 heavy (non-hydrogen) atoms. The fourth-order valence-electron chi connectivity index (χ4n) is 1.28. The number of halogens is 9. The van der Waals surface area contributed by atoms with Crippen LogP contribution < -0.4 is 0 Å². The molecule has 0 aliphatic rings. The van der Waals surface area contributed by atoms with Gasteiger partial charge in [0, 0.05) is 12.2 Å². The molecular formula is C9H6F9N3S3. The summed E-state index contributed by atoms with van der Waals surface area (Å²) >= 11 is 9.59. The van der Waals surface area contributed by atoms with Crippen molar-refractivity contribution in [3.05, 3.63) is 9.54 Å². The van der Waals surface area contributed by atoms with E-state index in [0.29, 0.717) is 11.8 Å². The van der Waals surface area contributed by atoms with Gasteiger partial charge in [0.15, 0.2) is 9.93 Å². The van der Waals surface area contributed by atoms with Gasteiger partial charge < -0.3 is 9.97 Å². The Labute approximate surface area is 142 Å². The molecule has 1 rings (SSSR count). The topological polar surface area (TPSA) is 44.5 Å². The van der Waals surface area contributed by atoms with E-state index in [1.165, 1.54) is 0 Å². The summed E-state index contributed by atoms with van der Waals surface area (Å²) in [7, 11) is 0. The van der Waals surface area contributed by atoms with Crippen LogP contribution in [-0.4, -0.2) is 44.6 Å². The summed E-state index contributed by atoms with van der Waals surface area (Å²) in [6, 6.07) is 0. The van der Waals surface area contributed by atoms with Gasteiger partial charge in [0.2, 0.25) is 4.77 Å². The molecule has 0 unspecified atom stereocenters. The van der Waals surface area contributed by atoms with Crippen molar-refractivity contribution in [2.24, 2.45) is 0 Å². The van der Waals surface area contributed by atoms with E-state index < -0.39 is 36.1 Å². The smallest absolute Gasteiger partial charge is 0.311 e. The molecule has 0 fully saturated rings. The summed E-state index contributed by atoms with van der Waals surface area (Å²) in [4.78, 5) is 8.19. The first-order chi connectivity index (χ1) is 10.6. The molecule has 0 radical (unpaired) electrons. The summed E-state index contributed by atoms with van der Waals surface area (Å²) in [5.41, 5.74) is 0. The van der Waals surface area contributed by atoms with E-state index in [1.807, 2.05) is 0 Å². The molecule has 0 aromatic carbocycles. The molecule has 2 N–H and O–H groups in total. The lowest BCUT2D eigenvalue weighted by Crippen LogP contribution is -2.60. The highest BCUT2D eigenvalue weighted by Gasteiger charge is 2.81. The van der Waals surface area contributed by atoms with Crippen molar-refractivity contribution in [2.75, 3.05) is 5.75 Å². The Bertz CT molecular complexity index is 665. The van der Waals surface area contributed by atoms with Crippen molar-refractivity contribution in [1.82, 2.24) is 15.0 Å². The lowest BCUT2D eigenvalue weighted by Gasteiger charge is -2.33. The van der Waals surface area contributed by atoms with Crippen molar-refractivity contribution in [3.63, 3.8) is 0 Å². The average molecular weight is 423 g/mol. The second kappa shape index (κ2) is 6.82. The molecule has 0 atom stereocenters. The van der Waals surface area contributed by atoms with Gasteiger partial charge >= 0.3 is 23.9 Å². The first-order valence-corrected chi connectivity index (χ1v) is 7.45.